The monoisotopic (exact) mass is 389 g/mol. The molecule has 3 atom stereocenters. The van der Waals surface area contributed by atoms with Crippen molar-refractivity contribution in [2.45, 2.75) is 38.0 Å². The molecule has 1 aromatic rings. The van der Waals surface area contributed by atoms with Gasteiger partial charge in [0.2, 0.25) is 5.91 Å². The summed E-state index contributed by atoms with van der Waals surface area (Å²) in [5, 5.41) is 2.72. The number of hydrogen-bond donors (Lipinski definition) is 1. The molecule has 3 heterocycles. The van der Waals surface area contributed by atoms with Crippen molar-refractivity contribution in [3.8, 4) is 11.5 Å². The number of fused-ring (bicyclic) bond motifs is 1. The Kier molecular flexibility index (Phi) is 5.57. The van der Waals surface area contributed by atoms with Gasteiger partial charge in [-0.2, -0.15) is 0 Å². The van der Waals surface area contributed by atoms with Crippen LogP contribution in [0.1, 0.15) is 19.8 Å². The van der Waals surface area contributed by atoms with Crippen LogP contribution in [-0.4, -0.2) is 79.4 Å². The minimum Gasteiger partial charge on any atom is -0.486 e. The van der Waals surface area contributed by atoms with E-state index >= 15 is 0 Å². The average molecular weight is 389 g/mol. The number of nitrogens with zero attached hydrogens (tertiary/aromatic N) is 2. The molecular formula is C20H27N3O5. The Bertz CT molecular complexity index is 728. The van der Waals surface area contributed by atoms with Gasteiger partial charge in [0.1, 0.15) is 18.8 Å². The second-order valence-corrected chi connectivity index (χ2v) is 7.65. The number of piperidine rings is 1. The lowest BCUT2D eigenvalue weighted by Gasteiger charge is -2.38. The number of likely N-dealkylation sites (tertiary alicyclic amines) is 1. The first-order valence-electron chi connectivity index (χ1n) is 9.91. The molecule has 28 heavy (non-hydrogen) atoms. The topological polar surface area (TPSA) is 80.3 Å². The molecule has 0 radical (unpaired) electrons. The van der Waals surface area contributed by atoms with E-state index in [0.717, 1.165) is 44.0 Å². The number of carbonyl (C=O) groups excluding carboxylic acids is 2. The predicted molar refractivity (Wildman–Crippen MR) is 101 cm³/mol. The van der Waals surface area contributed by atoms with Crippen molar-refractivity contribution in [1.82, 2.24) is 15.1 Å². The van der Waals surface area contributed by atoms with E-state index in [-0.39, 0.29) is 30.3 Å². The molecule has 8 nitrogen and oxygen atoms in total. The Balaban J connectivity index is 1.30. The van der Waals surface area contributed by atoms with Gasteiger partial charge in [0, 0.05) is 26.1 Å². The molecule has 2 amide bonds. The van der Waals surface area contributed by atoms with E-state index in [1.165, 1.54) is 6.92 Å². The summed E-state index contributed by atoms with van der Waals surface area (Å²) in [5.74, 6) is 1.46. The normalized spacial score (nSPS) is 27.4. The van der Waals surface area contributed by atoms with Gasteiger partial charge < -0.3 is 24.4 Å². The molecule has 3 aliphatic rings. The van der Waals surface area contributed by atoms with Gasteiger partial charge in [-0.1, -0.05) is 12.1 Å². The quantitative estimate of drug-likeness (QED) is 0.816. The van der Waals surface area contributed by atoms with E-state index in [2.05, 4.69) is 10.2 Å². The number of carbonyl (C=O) groups is 2. The molecule has 1 aromatic carbocycles. The van der Waals surface area contributed by atoms with Crippen molar-refractivity contribution in [3.63, 3.8) is 0 Å². The molecule has 0 aromatic heterocycles. The lowest BCUT2D eigenvalue weighted by atomic mass is 10.0. The number of nitrogens with one attached hydrogen (secondary N) is 1. The summed E-state index contributed by atoms with van der Waals surface area (Å²) in [5.41, 5.74) is 0. The van der Waals surface area contributed by atoms with Crippen molar-refractivity contribution in [2.75, 3.05) is 39.3 Å². The molecule has 0 aliphatic carbocycles. The fraction of sp³-hybridized carbons (Fsp3) is 0.600. The third-order valence-corrected chi connectivity index (χ3v) is 5.43. The molecular weight excluding hydrogens is 362 g/mol. The average Bonchev–Trinajstić information content (AvgIpc) is 3.07. The van der Waals surface area contributed by atoms with Crippen molar-refractivity contribution in [2.24, 2.45) is 0 Å². The van der Waals surface area contributed by atoms with Crippen molar-refractivity contribution < 1.29 is 23.8 Å². The molecule has 0 bridgehead atoms. The number of cyclic esters (lactones) is 1. The van der Waals surface area contributed by atoms with Crippen LogP contribution in [0.15, 0.2) is 24.3 Å². The smallest absolute Gasteiger partial charge is 0.410 e. The van der Waals surface area contributed by atoms with E-state index in [4.69, 9.17) is 14.2 Å². The summed E-state index contributed by atoms with van der Waals surface area (Å²) in [6.45, 7) is 5.42. The van der Waals surface area contributed by atoms with E-state index in [1.54, 1.807) is 0 Å². The molecule has 0 spiro atoms. The molecule has 0 saturated carbocycles. The largest absolute Gasteiger partial charge is 0.486 e. The van der Waals surface area contributed by atoms with Crippen molar-refractivity contribution in [1.29, 1.82) is 0 Å². The van der Waals surface area contributed by atoms with E-state index in [9.17, 15) is 9.59 Å². The van der Waals surface area contributed by atoms with Crippen LogP contribution in [0.2, 0.25) is 0 Å². The zero-order valence-electron chi connectivity index (χ0n) is 16.1. The van der Waals surface area contributed by atoms with Crippen molar-refractivity contribution >= 4 is 12.0 Å². The number of hydrogen-bond acceptors (Lipinski definition) is 6. The third kappa shape index (κ3) is 4.32. The fourth-order valence-electron chi connectivity index (χ4n) is 4.10. The highest BCUT2D eigenvalue weighted by Crippen LogP contribution is 2.31. The van der Waals surface area contributed by atoms with Gasteiger partial charge in [0.05, 0.1) is 13.1 Å². The first kappa shape index (κ1) is 18.9. The van der Waals surface area contributed by atoms with Crippen LogP contribution in [0.3, 0.4) is 0 Å². The maximum Gasteiger partial charge on any atom is 0.410 e. The van der Waals surface area contributed by atoms with Gasteiger partial charge in [-0.25, -0.2) is 4.79 Å². The van der Waals surface area contributed by atoms with Crippen LogP contribution in [0.25, 0.3) is 0 Å². The minimum atomic E-state index is -0.284. The second kappa shape index (κ2) is 8.26. The number of benzene rings is 1. The zero-order valence-corrected chi connectivity index (χ0v) is 16.1. The van der Waals surface area contributed by atoms with Crippen LogP contribution < -0.4 is 14.8 Å². The predicted octanol–water partition coefficient (Wildman–Crippen LogP) is 1.25. The van der Waals surface area contributed by atoms with E-state index in [0.29, 0.717) is 19.7 Å². The van der Waals surface area contributed by atoms with Crippen LogP contribution >= 0.6 is 0 Å². The third-order valence-electron chi connectivity index (χ3n) is 5.43. The first-order valence-corrected chi connectivity index (χ1v) is 9.91. The van der Waals surface area contributed by atoms with E-state index in [1.807, 2.05) is 29.2 Å². The molecule has 152 valence electrons. The van der Waals surface area contributed by atoms with Crippen LogP contribution in [-0.2, 0) is 9.53 Å². The maximum absolute atomic E-state index is 12.3. The zero-order chi connectivity index (χ0) is 19.5. The Hall–Kier alpha value is -2.48. The van der Waals surface area contributed by atoms with E-state index < -0.39 is 0 Å². The molecule has 1 N–H and O–H groups in total. The highest BCUT2D eigenvalue weighted by atomic mass is 16.6. The Morgan fingerprint density at radius 3 is 2.82 bits per heavy atom. The van der Waals surface area contributed by atoms with Crippen LogP contribution in [0.5, 0.6) is 11.5 Å². The summed E-state index contributed by atoms with van der Waals surface area (Å²) in [6, 6.07) is 7.85. The molecule has 3 unspecified atom stereocenters. The van der Waals surface area contributed by atoms with Gasteiger partial charge in [-0.3, -0.25) is 9.69 Å². The van der Waals surface area contributed by atoms with Crippen molar-refractivity contribution in [3.05, 3.63) is 24.3 Å². The van der Waals surface area contributed by atoms with Gasteiger partial charge in [0.25, 0.3) is 0 Å². The van der Waals surface area contributed by atoms with Gasteiger partial charge in [0.15, 0.2) is 11.5 Å². The summed E-state index contributed by atoms with van der Waals surface area (Å²) in [4.78, 5) is 27.5. The van der Waals surface area contributed by atoms with Crippen LogP contribution in [0.4, 0.5) is 4.79 Å². The Morgan fingerprint density at radius 1 is 1.18 bits per heavy atom. The standard InChI is InChI=1S/C20H27N3O5/c1-14(24)21-9-16-12-23(20(25)28-16)15-5-4-8-22(10-15)11-17-13-26-18-6-2-3-7-19(18)27-17/h2-3,6-7,15-17H,4-5,8-13H2,1H3,(H,21,24). The van der Waals surface area contributed by atoms with Gasteiger partial charge >= 0.3 is 6.09 Å². The molecule has 4 rings (SSSR count). The molecule has 2 saturated heterocycles. The number of para-hydroxylation sites is 2. The Morgan fingerprint density at radius 2 is 2.00 bits per heavy atom. The minimum absolute atomic E-state index is 0.0216. The lowest BCUT2D eigenvalue weighted by molar-refractivity contribution is -0.119. The second-order valence-electron chi connectivity index (χ2n) is 7.65. The SMILES string of the molecule is CC(=O)NCC1CN(C2CCCN(CC3COc4ccccc4O3)C2)C(=O)O1. The molecule has 2 fully saturated rings. The number of amides is 2. The number of rotatable bonds is 5. The Labute approximate surface area is 164 Å². The molecule has 8 heteroatoms. The summed E-state index contributed by atoms with van der Waals surface area (Å²) >= 11 is 0. The first-order chi connectivity index (χ1) is 13.6. The highest BCUT2D eigenvalue weighted by Gasteiger charge is 2.38. The number of ether oxygens (including phenoxy) is 3. The lowest BCUT2D eigenvalue weighted by Crippen LogP contribution is -2.51. The summed E-state index contributed by atoms with van der Waals surface area (Å²) < 4.78 is 17.3. The summed E-state index contributed by atoms with van der Waals surface area (Å²) in [7, 11) is 0. The van der Waals surface area contributed by atoms with Gasteiger partial charge in [-0.05, 0) is 31.5 Å². The van der Waals surface area contributed by atoms with Crippen LogP contribution in [0, 0.1) is 0 Å². The molecule has 3 aliphatic heterocycles. The fourth-order valence-corrected chi connectivity index (χ4v) is 4.10. The highest BCUT2D eigenvalue weighted by molar-refractivity contribution is 5.73. The summed E-state index contributed by atoms with van der Waals surface area (Å²) in [6.07, 6.45) is 1.40. The van der Waals surface area contributed by atoms with Gasteiger partial charge in [-0.15, -0.1) is 0 Å². The maximum atomic E-state index is 12.3.